The molecule has 0 saturated heterocycles. The lowest BCUT2D eigenvalue weighted by Gasteiger charge is -2.16. The molecule has 0 spiro atoms. The van der Waals surface area contributed by atoms with Gasteiger partial charge in [-0.05, 0) is 36.4 Å². The monoisotopic (exact) mass is 413 g/mol. The molecule has 3 aromatic carbocycles. The average molecular weight is 413 g/mol. The van der Waals surface area contributed by atoms with Crippen LogP contribution in [0.25, 0.3) is 38.8 Å². The zero-order chi connectivity index (χ0) is 21.5. The Morgan fingerprint density at radius 2 is 1.32 bits per heavy atom. The molecule has 7 heteroatoms. The summed E-state index contributed by atoms with van der Waals surface area (Å²) in [5.74, 6) is 1.86. The number of ether oxygens (including phenoxy) is 3. The zero-order valence-electron chi connectivity index (χ0n) is 17.2. The van der Waals surface area contributed by atoms with Gasteiger partial charge in [0.25, 0.3) is 5.56 Å². The second kappa shape index (κ2) is 7.28. The quantitative estimate of drug-likeness (QED) is 0.326. The second-order valence-corrected chi connectivity index (χ2v) is 6.96. The van der Waals surface area contributed by atoms with Crippen molar-refractivity contribution >= 4 is 27.5 Å². The van der Waals surface area contributed by atoms with Crippen molar-refractivity contribution < 1.29 is 14.2 Å². The molecule has 0 unspecified atom stereocenters. The Hall–Kier alpha value is -4.13. The molecule has 31 heavy (non-hydrogen) atoms. The number of benzene rings is 3. The molecule has 5 rings (SSSR count). The molecular weight excluding hydrogens is 394 g/mol. The van der Waals surface area contributed by atoms with Crippen molar-refractivity contribution in [1.29, 1.82) is 0 Å². The van der Waals surface area contributed by atoms with E-state index in [2.05, 4.69) is 0 Å². The standard InChI is InChI=1S/C24H19N3O4/c1-29-19-12-14(13-20(30-2)21(19)31-3)22-25-17-10-6-4-8-15(17)23-26-18-11-7-5-9-16(18)24(28)27(22)23/h4-13H,1-3H3. The lowest BCUT2D eigenvalue weighted by molar-refractivity contribution is 0.324. The number of para-hydroxylation sites is 2. The molecule has 0 N–H and O–H groups in total. The summed E-state index contributed by atoms with van der Waals surface area (Å²) in [7, 11) is 4.65. The molecule has 7 nitrogen and oxygen atoms in total. The summed E-state index contributed by atoms with van der Waals surface area (Å²) in [6.45, 7) is 0. The van der Waals surface area contributed by atoms with E-state index in [4.69, 9.17) is 24.2 Å². The molecule has 0 bridgehead atoms. The first-order valence-electron chi connectivity index (χ1n) is 9.67. The van der Waals surface area contributed by atoms with Crippen molar-refractivity contribution in [2.45, 2.75) is 0 Å². The first-order valence-corrected chi connectivity index (χ1v) is 9.67. The molecule has 5 aromatic rings. The first kappa shape index (κ1) is 18.9. The summed E-state index contributed by atoms with van der Waals surface area (Å²) in [6.07, 6.45) is 0. The Bertz CT molecular complexity index is 1500. The highest BCUT2D eigenvalue weighted by Gasteiger charge is 2.19. The molecule has 0 radical (unpaired) electrons. The van der Waals surface area contributed by atoms with E-state index in [1.54, 1.807) is 43.9 Å². The molecule has 2 heterocycles. The summed E-state index contributed by atoms with van der Waals surface area (Å²) in [5, 5.41) is 1.31. The minimum Gasteiger partial charge on any atom is -0.493 e. The molecule has 0 amide bonds. The Labute approximate surface area is 177 Å². The van der Waals surface area contributed by atoms with Gasteiger partial charge in [0.15, 0.2) is 17.1 Å². The van der Waals surface area contributed by atoms with Crippen LogP contribution in [0.3, 0.4) is 0 Å². The number of methoxy groups -OCH3 is 3. The van der Waals surface area contributed by atoms with Crippen LogP contribution in [0.4, 0.5) is 0 Å². The van der Waals surface area contributed by atoms with Crippen LogP contribution in [0.5, 0.6) is 17.2 Å². The van der Waals surface area contributed by atoms with Gasteiger partial charge >= 0.3 is 0 Å². The number of fused-ring (bicyclic) bond motifs is 4. The van der Waals surface area contributed by atoms with Gasteiger partial charge in [-0.2, -0.15) is 0 Å². The topological polar surface area (TPSA) is 75.0 Å². The summed E-state index contributed by atoms with van der Waals surface area (Å²) < 4.78 is 18.0. The van der Waals surface area contributed by atoms with Crippen LogP contribution in [-0.4, -0.2) is 35.7 Å². The van der Waals surface area contributed by atoms with E-state index in [0.717, 1.165) is 10.9 Å². The van der Waals surface area contributed by atoms with E-state index in [9.17, 15) is 4.79 Å². The Balaban J connectivity index is 1.98. The van der Waals surface area contributed by atoms with Gasteiger partial charge in [-0.15, -0.1) is 0 Å². The fraction of sp³-hybridized carbons (Fsp3) is 0.125. The Morgan fingerprint density at radius 1 is 0.742 bits per heavy atom. The molecule has 0 saturated carbocycles. The van der Waals surface area contributed by atoms with Gasteiger partial charge < -0.3 is 14.2 Å². The van der Waals surface area contributed by atoms with E-state index < -0.39 is 0 Å². The summed E-state index contributed by atoms with van der Waals surface area (Å²) in [4.78, 5) is 23.2. The SMILES string of the molecule is COc1cc(-c2nc3ccccc3c3nc4ccccc4c(=O)n23)cc(OC)c1OC. The highest BCUT2D eigenvalue weighted by atomic mass is 16.5. The molecule has 0 atom stereocenters. The van der Waals surface area contributed by atoms with Crippen LogP contribution >= 0.6 is 0 Å². The predicted molar refractivity (Wildman–Crippen MR) is 119 cm³/mol. The van der Waals surface area contributed by atoms with Crippen molar-refractivity contribution in [2.75, 3.05) is 21.3 Å². The van der Waals surface area contributed by atoms with Crippen LogP contribution in [0.2, 0.25) is 0 Å². The third-order valence-electron chi connectivity index (χ3n) is 5.28. The molecule has 0 aliphatic rings. The lowest BCUT2D eigenvalue weighted by Crippen LogP contribution is -2.18. The lowest BCUT2D eigenvalue weighted by atomic mass is 10.1. The maximum absolute atomic E-state index is 13.6. The van der Waals surface area contributed by atoms with E-state index in [1.165, 1.54) is 0 Å². The van der Waals surface area contributed by atoms with Gasteiger partial charge in [-0.1, -0.05) is 24.3 Å². The van der Waals surface area contributed by atoms with Gasteiger partial charge in [0.1, 0.15) is 5.82 Å². The van der Waals surface area contributed by atoms with Crippen molar-refractivity contribution in [3.8, 4) is 28.6 Å². The van der Waals surface area contributed by atoms with E-state index in [-0.39, 0.29) is 5.56 Å². The third-order valence-corrected chi connectivity index (χ3v) is 5.28. The van der Waals surface area contributed by atoms with E-state index in [1.807, 2.05) is 42.5 Å². The van der Waals surface area contributed by atoms with Gasteiger partial charge in [0, 0.05) is 10.9 Å². The molecule has 0 aliphatic carbocycles. The van der Waals surface area contributed by atoms with Crippen LogP contribution in [0, 0.1) is 0 Å². The highest BCUT2D eigenvalue weighted by molar-refractivity contribution is 5.95. The van der Waals surface area contributed by atoms with Crippen LogP contribution in [-0.2, 0) is 0 Å². The van der Waals surface area contributed by atoms with Crippen LogP contribution in [0.1, 0.15) is 0 Å². The smallest absolute Gasteiger partial charge is 0.267 e. The molecule has 0 fully saturated rings. The third kappa shape index (κ3) is 2.85. The summed E-state index contributed by atoms with van der Waals surface area (Å²) in [5.41, 5.74) is 2.36. The molecule has 2 aromatic heterocycles. The second-order valence-electron chi connectivity index (χ2n) is 6.96. The maximum atomic E-state index is 13.6. The van der Waals surface area contributed by atoms with Crippen molar-refractivity contribution in [3.05, 3.63) is 71.0 Å². The zero-order valence-corrected chi connectivity index (χ0v) is 17.2. The van der Waals surface area contributed by atoms with Crippen LogP contribution in [0.15, 0.2) is 65.5 Å². The highest BCUT2D eigenvalue weighted by Crippen LogP contribution is 2.41. The predicted octanol–water partition coefficient (Wildman–Crippen LogP) is 4.09. The maximum Gasteiger partial charge on any atom is 0.267 e. The van der Waals surface area contributed by atoms with Crippen molar-refractivity contribution in [2.24, 2.45) is 0 Å². The van der Waals surface area contributed by atoms with Crippen molar-refractivity contribution in [1.82, 2.24) is 14.4 Å². The van der Waals surface area contributed by atoms with Gasteiger partial charge in [0.05, 0.1) is 37.7 Å². The molecule has 0 aliphatic heterocycles. The normalized spacial score (nSPS) is 11.2. The number of aromatic nitrogens is 3. The number of hydrogen-bond donors (Lipinski definition) is 0. The fourth-order valence-corrected chi connectivity index (χ4v) is 3.84. The largest absolute Gasteiger partial charge is 0.493 e. The average Bonchev–Trinajstić information content (AvgIpc) is 2.82. The minimum absolute atomic E-state index is 0.192. The fourth-order valence-electron chi connectivity index (χ4n) is 3.84. The number of hydrogen-bond acceptors (Lipinski definition) is 6. The van der Waals surface area contributed by atoms with Crippen molar-refractivity contribution in [3.63, 3.8) is 0 Å². The number of nitrogens with zero attached hydrogens (tertiary/aromatic N) is 3. The first-order chi connectivity index (χ1) is 15.2. The van der Waals surface area contributed by atoms with E-state index in [0.29, 0.717) is 45.2 Å². The summed E-state index contributed by atoms with van der Waals surface area (Å²) >= 11 is 0. The molecular formula is C24H19N3O4. The minimum atomic E-state index is -0.192. The van der Waals surface area contributed by atoms with E-state index >= 15 is 0 Å². The Kier molecular flexibility index (Phi) is 4.43. The summed E-state index contributed by atoms with van der Waals surface area (Å²) in [6, 6.07) is 18.5. The van der Waals surface area contributed by atoms with Gasteiger partial charge in [0.2, 0.25) is 5.75 Å². The number of rotatable bonds is 4. The molecule has 154 valence electrons. The van der Waals surface area contributed by atoms with Gasteiger partial charge in [-0.25, -0.2) is 14.4 Å². The van der Waals surface area contributed by atoms with Crippen LogP contribution < -0.4 is 19.8 Å². The Morgan fingerprint density at radius 3 is 1.94 bits per heavy atom. The van der Waals surface area contributed by atoms with Gasteiger partial charge in [-0.3, -0.25) is 4.79 Å².